The molecule has 2 bridgehead atoms. The number of fused-ring (bicyclic) bond motifs is 3. The standard InChI is InChI=1S/C24H32N4O3S/c29-21(26-23-27-25-17-32-23)16-28-13-9-18(10-14-28)20(15-28)31-22(30)24(19-7-3-4-8-19)11-5-1-2-6-12-24/h3-4,7,17-18,20H,1-2,5-6,8-16H2/p+1/t18?,20-,28?/m0/s1. The summed E-state index contributed by atoms with van der Waals surface area (Å²) >= 11 is 1.33. The summed E-state index contributed by atoms with van der Waals surface area (Å²) < 4.78 is 7.08. The SMILES string of the molecule is O=C(C[N+]12CCC(CC1)[C@@H](OC(=O)C1(C3=CC=CC3)CCCCCC1)C2)Nc1nncs1. The van der Waals surface area contributed by atoms with Crippen LogP contribution in [0.25, 0.3) is 0 Å². The van der Waals surface area contributed by atoms with Crippen LogP contribution in [0.2, 0.25) is 0 Å². The minimum Gasteiger partial charge on any atom is -0.455 e. The van der Waals surface area contributed by atoms with Crippen molar-refractivity contribution in [3.63, 3.8) is 0 Å². The Kier molecular flexibility index (Phi) is 6.16. The van der Waals surface area contributed by atoms with Crippen molar-refractivity contribution < 1.29 is 18.8 Å². The van der Waals surface area contributed by atoms with Crippen LogP contribution in [0.4, 0.5) is 5.13 Å². The van der Waals surface area contributed by atoms with Crippen molar-refractivity contribution in [3.05, 3.63) is 29.3 Å². The highest BCUT2D eigenvalue weighted by Crippen LogP contribution is 2.46. The van der Waals surface area contributed by atoms with Gasteiger partial charge in [0, 0.05) is 18.8 Å². The van der Waals surface area contributed by atoms with Gasteiger partial charge in [0.05, 0.1) is 18.5 Å². The van der Waals surface area contributed by atoms with Crippen molar-refractivity contribution in [1.29, 1.82) is 0 Å². The molecule has 4 heterocycles. The third-order valence-corrected chi connectivity index (χ3v) is 8.73. The van der Waals surface area contributed by atoms with Gasteiger partial charge in [-0.05, 0) is 24.8 Å². The molecule has 7 nitrogen and oxygen atoms in total. The number of anilines is 1. The van der Waals surface area contributed by atoms with Crippen molar-refractivity contribution in [2.75, 3.05) is 31.5 Å². The molecule has 1 aromatic heterocycles. The molecule has 6 rings (SSSR count). The maximum atomic E-state index is 13.8. The number of nitrogens with zero attached hydrogens (tertiary/aromatic N) is 3. The average molecular weight is 458 g/mol. The lowest BCUT2D eigenvalue weighted by molar-refractivity contribution is -0.939. The van der Waals surface area contributed by atoms with Gasteiger partial charge < -0.3 is 9.22 Å². The van der Waals surface area contributed by atoms with E-state index in [4.69, 9.17) is 4.74 Å². The molecule has 1 aromatic rings. The van der Waals surface area contributed by atoms with Gasteiger partial charge in [-0.3, -0.25) is 14.9 Å². The van der Waals surface area contributed by atoms with E-state index in [0.29, 0.717) is 22.1 Å². The number of piperidine rings is 3. The molecule has 0 spiro atoms. The molecule has 1 amide bonds. The largest absolute Gasteiger partial charge is 0.455 e. The van der Waals surface area contributed by atoms with E-state index in [2.05, 4.69) is 33.7 Å². The van der Waals surface area contributed by atoms with Gasteiger partial charge in [-0.15, -0.1) is 10.2 Å². The zero-order chi connectivity index (χ0) is 22.0. The Hall–Kier alpha value is -2.06. The monoisotopic (exact) mass is 457 g/mol. The lowest BCUT2D eigenvalue weighted by Gasteiger charge is -2.52. The Morgan fingerprint density at radius 3 is 2.62 bits per heavy atom. The molecule has 3 aliphatic heterocycles. The number of hydrogen-bond donors (Lipinski definition) is 1. The number of hydrogen-bond acceptors (Lipinski definition) is 6. The number of carbonyl (C=O) groups excluding carboxylic acids is 2. The smallest absolute Gasteiger partial charge is 0.316 e. The number of esters is 1. The second-order valence-electron chi connectivity index (χ2n) is 10.0. The van der Waals surface area contributed by atoms with Crippen LogP contribution < -0.4 is 5.32 Å². The minimum absolute atomic E-state index is 0.00967. The molecule has 1 N–H and O–H groups in total. The molecule has 1 saturated carbocycles. The third-order valence-electron chi connectivity index (χ3n) is 8.12. The number of ether oxygens (including phenoxy) is 1. The molecule has 0 aromatic carbocycles. The van der Waals surface area contributed by atoms with Crippen molar-refractivity contribution >= 4 is 28.3 Å². The predicted molar refractivity (Wildman–Crippen MR) is 123 cm³/mol. The lowest BCUT2D eigenvalue weighted by Crippen LogP contribution is -2.66. The van der Waals surface area contributed by atoms with Gasteiger partial charge in [0.25, 0.3) is 5.91 Å². The van der Waals surface area contributed by atoms with Crippen LogP contribution in [-0.2, 0) is 14.3 Å². The first-order chi connectivity index (χ1) is 15.6. The fourth-order valence-corrected chi connectivity index (χ4v) is 6.77. The van der Waals surface area contributed by atoms with Gasteiger partial charge in [0.1, 0.15) is 12.1 Å². The van der Waals surface area contributed by atoms with Gasteiger partial charge in [0.15, 0.2) is 12.6 Å². The Morgan fingerprint density at radius 2 is 1.97 bits per heavy atom. The van der Waals surface area contributed by atoms with Crippen LogP contribution in [0.3, 0.4) is 0 Å². The summed E-state index contributed by atoms with van der Waals surface area (Å²) in [5, 5.41) is 11.1. The summed E-state index contributed by atoms with van der Waals surface area (Å²) in [4.78, 5) is 26.4. The molecular weight excluding hydrogens is 424 g/mol. The Balaban J connectivity index is 1.28. The van der Waals surface area contributed by atoms with Crippen LogP contribution in [0.5, 0.6) is 0 Å². The van der Waals surface area contributed by atoms with Crippen molar-refractivity contribution in [2.45, 2.75) is 63.9 Å². The second-order valence-corrected chi connectivity index (χ2v) is 10.9. The van der Waals surface area contributed by atoms with Crippen LogP contribution in [0.15, 0.2) is 29.3 Å². The van der Waals surface area contributed by atoms with E-state index in [1.807, 2.05) is 0 Å². The highest BCUT2D eigenvalue weighted by molar-refractivity contribution is 7.13. The summed E-state index contributed by atoms with van der Waals surface area (Å²) in [6, 6.07) is 0. The third kappa shape index (κ3) is 4.27. The number of amides is 1. The number of aromatic nitrogens is 2. The lowest BCUT2D eigenvalue weighted by atomic mass is 9.73. The normalized spacial score (nSPS) is 31.1. The van der Waals surface area contributed by atoms with E-state index >= 15 is 0 Å². The summed E-state index contributed by atoms with van der Waals surface area (Å²) in [5.74, 6) is 0.378. The Labute approximate surface area is 193 Å². The van der Waals surface area contributed by atoms with Gasteiger partial charge in [-0.25, -0.2) is 0 Å². The molecule has 8 heteroatoms. The quantitative estimate of drug-likeness (QED) is 0.399. The molecule has 1 atom stereocenters. The number of rotatable bonds is 6. The van der Waals surface area contributed by atoms with E-state index in [1.165, 1.54) is 29.8 Å². The maximum Gasteiger partial charge on any atom is 0.316 e. The molecule has 4 fully saturated rings. The summed E-state index contributed by atoms with van der Waals surface area (Å²) in [7, 11) is 0. The zero-order valence-electron chi connectivity index (χ0n) is 18.6. The van der Waals surface area contributed by atoms with Crippen LogP contribution in [0, 0.1) is 11.3 Å². The van der Waals surface area contributed by atoms with E-state index in [9.17, 15) is 9.59 Å². The zero-order valence-corrected chi connectivity index (χ0v) is 19.4. The molecule has 32 heavy (non-hydrogen) atoms. The molecule has 0 radical (unpaired) electrons. The number of quaternary nitrogens is 1. The fraction of sp³-hybridized carbons (Fsp3) is 0.667. The molecule has 5 aliphatic rings. The summed E-state index contributed by atoms with van der Waals surface area (Å²) in [6.45, 7) is 3.10. The van der Waals surface area contributed by atoms with E-state index < -0.39 is 5.41 Å². The Morgan fingerprint density at radius 1 is 1.19 bits per heavy atom. The summed E-state index contributed by atoms with van der Waals surface area (Å²) in [6.07, 6.45) is 15.6. The van der Waals surface area contributed by atoms with E-state index in [-0.39, 0.29) is 18.0 Å². The van der Waals surface area contributed by atoms with Crippen molar-refractivity contribution in [1.82, 2.24) is 10.2 Å². The molecular formula is C24H33N4O3S+. The highest BCUT2D eigenvalue weighted by atomic mass is 32.1. The van der Waals surface area contributed by atoms with Gasteiger partial charge in [0.2, 0.25) is 5.13 Å². The van der Waals surface area contributed by atoms with Gasteiger partial charge in [-0.1, -0.05) is 55.2 Å². The predicted octanol–water partition coefficient (Wildman–Crippen LogP) is 3.86. The van der Waals surface area contributed by atoms with Crippen molar-refractivity contribution in [3.8, 4) is 0 Å². The van der Waals surface area contributed by atoms with E-state index in [0.717, 1.165) is 64.6 Å². The average Bonchev–Trinajstić information content (AvgIpc) is 3.45. The molecule has 2 aliphatic carbocycles. The second kappa shape index (κ2) is 9.06. The first-order valence-electron chi connectivity index (χ1n) is 12.1. The van der Waals surface area contributed by atoms with Crippen LogP contribution >= 0.6 is 11.3 Å². The first-order valence-corrected chi connectivity index (χ1v) is 13.0. The maximum absolute atomic E-state index is 13.8. The molecule has 0 unspecified atom stereocenters. The van der Waals surface area contributed by atoms with Gasteiger partial charge in [-0.2, -0.15) is 0 Å². The number of carbonyl (C=O) groups is 2. The van der Waals surface area contributed by atoms with Crippen molar-refractivity contribution in [2.24, 2.45) is 11.3 Å². The van der Waals surface area contributed by atoms with E-state index in [1.54, 1.807) is 5.51 Å². The Bertz CT molecular complexity index is 894. The van der Waals surface area contributed by atoms with Crippen LogP contribution in [-0.4, -0.2) is 58.8 Å². The molecule has 172 valence electrons. The topological polar surface area (TPSA) is 81.2 Å². The fourth-order valence-electron chi connectivity index (χ4n) is 6.31. The number of allylic oxidation sites excluding steroid dienone is 3. The molecule has 3 saturated heterocycles. The minimum atomic E-state index is -0.452. The van der Waals surface area contributed by atoms with Crippen LogP contribution in [0.1, 0.15) is 57.8 Å². The number of nitrogens with one attached hydrogen (secondary N) is 1. The highest BCUT2D eigenvalue weighted by Gasteiger charge is 2.51. The van der Waals surface area contributed by atoms with Gasteiger partial charge >= 0.3 is 5.97 Å². The summed E-state index contributed by atoms with van der Waals surface area (Å²) in [5.41, 5.74) is 2.40. The first kappa shape index (κ1) is 21.8.